The molecular formula is C13H21NO2. The maximum Gasteiger partial charge on any atom is 0.139 e. The molecule has 2 rings (SSSR count). The Morgan fingerprint density at radius 3 is 2.94 bits per heavy atom. The molecule has 0 radical (unpaired) electrons. The van der Waals surface area contributed by atoms with Gasteiger partial charge in [-0.2, -0.15) is 0 Å². The van der Waals surface area contributed by atoms with Crippen molar-refractivity contribution in [3.63, 3.8) is 0 Å². The van der Waals surface area contributed by atoms with E-state index in [4.69, 9.17) is 10.5 Å². The predicted octanol–water partition coefficient (Wildman–Crippen LogP) is 1.81. The van der Waals surface area contributed by atoms with Crippen LogP contribution in [-0.2, 0) is 9.53 Å². The van der Waals surface area contributed by atoms with E-state index in [1.807, 2.05) is 12.2 Å². The second-order valence-corrected chi connectivity index (χ2v) is 4.88. The maximum absolute atomic E-state index is 11.8. The molecule has 3 atom stereocenters. The first-order chi connectivity index (χ1) is 7.75. The van der Waals surface area contributed by atoms with Gasteiger partial charge in [-0.25, -0.2) is 0 Å². The van der Waals surface area contributed by atoms with Crippen LogP contribution in [0, 0.1) is 5.92 Å². The van der Waals surface area contributed by atoms with Crippen molar-refractivity contribution in [2.24, 2.45) is 11.7 Å². The molecular weight excluding hydrogens is 202 g/mol. The second kappa shape index (κ2) is 5.60. The highest BCUT2D eigenvalue weighted by Crippen LogP contribution is 2.22. The lowest BCUT2D eigenvalue weighted by molar-refractivity contribution is -0.121. The van der Waals surface area contributed by atoms with Crippen molar-refractivity contribution in [2.75, 3.05) is 6.61 Å². The number of nitrogens with two attached hydrogens (primary N) is 1. The number of ether oxygens (including phenoxy) is 1. The number of rotatable bonds is 5. The van der Waals surface area contributed by atoms with Crippen molar-refractivity contribution in [3.05, 3.63) is 12.2 Å². The van der Waals surface area contributed by atoms with Crippen LogP contribution in [0.15, 0.2) is 12.2 Å². The third kappa shape index (κ3) is 3.16. The first-order valence-corrected chi connectivity index (χ1v) is 6.34. The summed E-state index contributed by atoms with van der Waals surface area (Å²) >= 11 is 0. The summed E-state index contributed by atoms with van der Waals surface area (Å²) in [5.74, 6) is 0.432. The Morgan fingerprint density at radius 2 is 2.31 bits per heavy atom. The van der Waals surface area contributed by atoms with E-state index in [0.29, 0.717) is 18.3 Å². The SMILES string of the molecule is NC1C=CC(C(=O)CCCC2CCCO2)C1. The lowest BCUT2D eigenvalue weighted by Gasteiger charge is -2.10. The Balaban J connectivity index is 1.62. The molecule has 3 unspecified atom stereocenters. The van der Waals surface area contributed by atoms with Gasteiger partial charge in [0.1, 0.15) is 5.78 Å². The molecule has 0 spiro atoms. The molecule has 0 saturated carbocycles. The summed E-state index contributed by atoms with van der Waals surface area (Å²) < 4.78 is 5.53. The summed E-state index contributed by atoms with van der Waals surface area (Å²) in [5, 5.41) is 0. The van der Waals surface area contributed by atoms with Crippen LogP contribution in [-0.4, -0.2) is 24.5 Å². The van der Waals surface area contributed by atoms with Gasteiger partial charge >= 0.3 is 0 Å². The standard InChI is InChI=1S/C13H21NO2/c14-11-7-6-10(9-11)13(15)5-1-3-12-4-2-8-16-12/h6-7,10-12H,1-5,8-9,14H2. The van der Waals surface area contributed by atoms with Crippen molar-refractivity contribution in [3.8, 4) is 0 Å². The third-order valence-corrected chi connectivity index (χ3v) is 3.50. The number of carbonyl (C=O) groups is 1. The molecule has 0 bridgehead atoms. The van der Waals surface area contributed by atoms with Crippen LogP contribution in [0.2, 0.25) is 0 Å². The molecule has 1 aliphatic carbocycles. The molecule has 0 aromatic carbocycles. The maximum atomic E-state index is 11.8. The summed E-state index contributed by atoms with van der Waals surface area (Å²) in [6.07, 6.45) is 10.2. The van der Waals surface area contributed by atoms with Crippen LogP contribution >= 0.6 is 0 Å². The molecule has 1 saturated heterocycles. The zero-order valence-electron chi connectivity index (χ0n) is 9.73. The van der Waals surface area contributed by atoms with E-state index in [9.17, 15) is 4.79 Å². The fourth-order valence-corrected chi connectivity index (χ4v) is 2.53. The molecule has 16 heavy (non-hydrogen) atoms. The topological polar surface area (TPSA) is 52.3 Å². The highest BCUT2D eigenvalue weighted by atomic mass is 16.5. The summed E-state index contributed by atoms with van der Waals surface area (Å²) in [6.45, 7) is 0.902. The van der Waals surface area contributed by atoms with E-state index >= 15 is 0 Å². The van der Waals surface area contributed by atoms with Crippen LogP contribution in [0.4, 0.5) is 0 Å². The molecule has 1 heterocycles. The van der Waals surface area contributed by atoms with E-state index in [0.717, 1.165) is 25.9 Å². The number of ketones is 1. The van der Waals surface area contributed by atoms with Gasteiger partial charge in [0.05, 0.1) is 6.10 Å². The Labute approximate surface area is 97.0 Å². The number of hydrogen-bond donors (Lipinski definition) is 1. The average molecular weight is 223 g/mol. The molecule has 0 aromatic rings. The number of allylic oxidation sites excluding steroid dienone is 1. The fraction of sp³-hybridized carbons (Fsp3) is 0.769. The van der Waals surface area contributed by atoms with Gasteiger partial charge in [-0.1, -0.05) is 12.2 Å². The van der Waals surface area contributed by atoms with Gasteiger partial charge in [0, 0.05) is 25.0 Å². The van der Waals surface area contributed by atoms with E-state index < -0.39 is 0 Å². The summed E-state index contributed by atoms with van der Waals surface area (Å²) in [5.41, 5.74) is 5.73. The second-order valence-electron chi connectivity index (χ2n) is 4.88. The Hall–Kier alpha value is -0.670. The van der Waals surface area contributed by atoms with E-state index in [2.05, 4.69) is 0 Å². The zero-order valence-corrected chi connectivity index (χ0v) is 9.73. The highest BCUT2D eigenvalue weighted by Gasteiger charge is 2.22. The van der Waals surface area contributed by atoms with Crippen LogP contribution < -0.4 is 5.73 Å². The normalized spacial score (nSPS) is 33.4. The molecule has 0 amide bonds. The zero-order chi connectivity index (χ0) is 11.4. The smallest absolute Gasteiger partial charge is 0.139 e. The fourth-order valence-electron chi connectivity index (χ4n) is 2.53. The minimum atomic E-state index is 0.0829. The van der Waals surface area contributed by atoms with Gasteiger partial charge in [-0.15, -0.1) is 0 Å². The van der Waals surface area contributed by atoms with Crippen molar-refractivity contribution < 1.29 is 9.53 Å². The molecule has 3 heteroatoms. The number of carbonyl (C=O) groups excluding carboxylic acids is 1. The Morgan fingerprint density at radius 1 is 1.44 bits per heavy atom. The van der Waals surface area contributed by atoms with Crippen LogP contribution in [0.5, 0.6) is 0 Å². The lowest BCUT2D eigenvalue weighted by Crippen LogP contribution is -2.19. The van der Waals surface area contributed by atoms with Gasteiger partial charge < -0.3 is 10.5 Å². The van der Waals surface area contributed by atoms with Crippen LogP contribution in [0.3, 0.4) is 0 Å². The molecule has 2 aliphatic rings. The largest absolute Gasteiger partial charge is 0.378 e. The van der Waals surface area contributed by atoms with Gasteiger partial charge in [0.15, 0.2) is 0 Å². The van der Waals surface area contributed by atoms with E-state index in [1.165, 1.54) is 12.8 Å². The van der Waals surface area contributed by atoms with Gasteiger partial charge in [0.2, 0.25) is 0 Å². The highest BCUT2D eigenvalue weighted by molar-refractivity contribution is 5.83. The molecule has 2 N–H and O–H groups in total. The predicted molar refractivity (Wildman–Crippen MR) is 63.1 cm³/mol. The number of Topliss-reactive ketones (excluding diaryl/α,β-unsaturated/α-hetero) is 1. The summed E-state index contributed by atoms with van der Waals surface area (Å²) in [7, 11) is 0. The Bertz CT molecular complexity index is 269. The van der Waals surface area contributed by atoms with Crippen LogP contribution in [0.1, 0.15) is 38.5 Å². The quantitative estimate of drug-likeness (QED) is 0.723. The Kier molecular flexibility index (Phi) is 4.13. The molecule has 1 aliphatic heterocycles. The molecule has 90 valence electrons. The molecule has 0 aromatic heterocycles. The van der Waals surface area contributed by atoms with Gasteiger partial charge in [0.25, 0.3) is 0 Å². The molecule has 1 fully saturated rings. The minimum Gasteiger partial charge on any atom is -0.378 e. The molecule has 3 nitrogen and oxygen atoms in total. The summed E-state index contributed by atoms with van der Waals surface area (Å²) in [4.78, 5) is 11.8. The van der Waals surface area contributed by atoms with E-state index in [-0.39, 0.29) is 12.0 Å². The van der Waals surface area contributed by atoms with Crippen molar-refractivity contribution in [2.45, 2.75) is 50.7 Å². The first kappa shape index (κ1) is 11.8. The minimum absolute atomic E-state index is 0.0829. The van der Waals surface area contributed by atoms with Crippen LogP contribution in [0.25, 0.3) is 0 Å². The first-order valence-electron chi connectivity index (χ1n) is 6.34. The van der Waals surface area contributed by atoms with Gasteiger partial charge in [-0.3, -0.25) is 4.79 Å². The monoisotopic (exact) mass is 223 g/mol. The van der Waals surface area contributed by atoms with Crippen molar-refractivity contribution >= 4 is 5.78 Å². The van der Waals surface area contributed by atoms with E-state index in [1.54, 1.807) is 0 Å². The third-order valence-electron chi connectivity index (χ3n) is 3.50. The summed E-state index contributed by atoms with van der Waals surface area (Å²) in [6, 6.07) is 0.0899. The van der Waals surface area contributed by atoms with Crippen molar-refractivity contribution in [1.29, 1.82) is 0 Å². The van der Waals surface area contributed by atoms with Crippen molar-refractivity contribution in [1.82, 2.24) is 0 Å². The lowest BCUT2D eigenvalue weighted by atomic mass is 9.97. The van der Waals surface area contributed by atoms with Gasteiger partial charge in [-0.05, 0) is 32.1 Å². The number of hydrogen-bond acceptors (Lipinski definition) is 3. The average Bonchev–Trinajstić information content (AvgIpc) is 2.89.